The number of benzene rings is 3. The monoisotopic (exact) mass is 418 g/mol. The molecule has 0 aliphatic rings. The second-order valence-corrected chi connectivity index (χ2v) is 7.69. The highest BCUT2D eigenvalue weighted by Crippen LogP contribution is 2.33. The first-order chi connectivity index (χ1) is 15.3. The number of rotatable bonds is 4. The molecule has 0 fully saturated rings. The van der Waals surface area contributed by atoms with Crippen LogP contribution in [0.15, 0.2) is 116 Å². The van der Waals surface area contributed by atoms with Crippen LogP contribution in [0.5, 0.6) is 0 Å². The maximum Gasteiger partial charge on any atom is 0.0701 e. The summed E-state index contributed by atoms with van der Waals surface area (Å²) in [6.07, 6.45) is 3.62. The molecule has 2 heterocycles. The number of hydrogen-bond acceptors (Lipinski definition) is 2. The Morgan fingerprint density at radius 3 is 1.42 bits per heavy atom. The highest BCUT2D eigenvalue weighted by atomic mass is 35.5. The molecule has 0 spiro atoms. The molecule has 2 nitrogen and oxygen atoms in total. The molecule has 3 heteroatoms. The Labute approximate surface area is 186 Å². The topological polar surface area (TPSA) is 25.8 Å². The molecule has 0 N–H and O–H groups in total. The zero-order valence-electron chi connectivity index (χ0n) is 16.7. The van der Waals surface area contributed by atoms with Gasteiger partial charge in [-0.3, -0.25) is 9.97 Å². The van der Waals surface area contributed by atoms with E-state index in [2.05, 4.69) is 70.6 Å². The van der Waals surface area contributed by atoms with E-state index in [4.69, 9.17) is 11.6 Å². The van der Waals surface area contributed by atoms with Crippen molar-refractivity contribution in [2.75, 3.05) is 0 Å². The fourth-order valence-corrected chi connectivity index (χ4v) is 3.94. The number of halogens is 1. The number of pyridine rings is 2. The molecule has 0 atom stereocenters. The first kappa shape index (κ1) is 19.2. The summed E-state index contributed by atoms with van der Waals surface area (Å²) in [5.74, 6) is 0. The second kappa shape index (κ2) is 8.55. The molecule has 0 bridgehead atoms. The molecule has 0 saturated heterocycles. The van der Waals surface area contributed by atoms with Crippen LogP contribution in [0.1, 0.15) is 0 Å². The van der Waals surface area contributed by atoms with Crippen molar-refractivity contribution in [2.24, 2.45) is 0 Å². The Balaban J connectivity index is 1.40. The molecule has 0 aliphatic carbocycles. The Hall–Kier alpha value is -3.75. The lowest BCUT2D eigenvalue weighted by atomic mass is 9.98. The van der Waals surface area contributed by atoms with Crippen LogP contribution in [0.4, 0.5) is 0 Å². The predicted octanol–water partition coefficient (Wildman–Crippen LogP) is 7.80. The van der Waals surface area contributed by atoms with Gasteiger partial charge < -0.3 is 0 Å². The largest absolute Gasteiger partial charge is 0.256 e. The first-order valence-electron chi connectivity index (χ1n) is 10.1. The van der Waals surface area contributed by atoms with Crippen molar-refractivity contribution in [3.05, 3.63) is 121 Å². The zero-order valence-corrected chi connectivity index (χ0v) is 17.5. The average Bonchev–Trinajstić information content (AvgIpc) is 2.85. The smallest absolute Gasteiger partial charge is 0.0701 e. The van der Waals surface area contributed by atoms with Gasteiger partial charge in [0.05, 0.1) is 11.4 Å². The summed E-state index contributed by atoms with van der Waals surface area (Å²) < 4.78 is 0. The summed E-state index contributed by atoms with van der Waals surface area (Å²) in [4.78, 5) is 8.82. The van der Waals surface area contributed by atoms with Gasteiger partial charge in [-0.05, 0) is 47.0 Å². The molecule has 5 aromatic rings. The van der Waals surface area contributed by atoms with Gasteiger partial charge in [0, 0.05) is 34.1 Å². The molecule has 0 radical (unpaired) electrons. The van der Waals surface area contributed by atoms with Crippen molar-refractivity contribution in [3.63, 3.8) is 0 Å². The highest BCUT2D eigenvalue weighted by Gasteiger charge is 2.08. The lowest BCUT2D eigenvalue weighted by molar-refractivity contribution is 1.33. The van der Waals surface area contributed by atoms with Gasteiger partial charge in [-0.1, -0.05) is 84.4 Å². The molecule has 0 unspecified atom stereocenters. The maximum absolute atomic E-state index is 6.68. The van der Waals surface area contributed by atoms with Crippen molar-refractivity contribution in [1.29, 1.82) is 0 Å². The maximum atomic E-state index is 6.68. The number of hydrogen-bond donors (Lipinski definition) is 0. The van der Waals surface area contributed by atoms with Crippen molar-refractivity contribution in [3.8, 4) is 44.8 Å². The number of aromatic nitrogens is 2. The van der Waals surface area contributed by atoms with Gasteiger partial charge in [0.25, 0.3) is 0 Å². The van der Waals surface area contributed by atoms with Gasteiger partial charge >= 0.3 is 0 Å². The minimum Gasteiger partial charge on any atom is -0.256 e. The third kappa shape index (κ3) is 4.11. The second-order valence-electron chi connectivity index (χ2n) is 7.28. The van der Waals surface area contributed by atoms with Gasteiger partial charge in [-0.25, -0.2) is 0 Å². The standard InChI is InChI=1S/C28H19ClN2/c29-26-19-24(20-7-11-22(12-8-20)27-5-1-3-17-30-27)15-16-25(26)21-9-13-23(14-10-21)28-6-2-4-18-31-28/h1-19H. The lowest BCUT2D eigenvalue weighted by Gasteiger charge is -2.10. The van der Waals surface area contributed by atoms with E-state index in [0.717, 1.165) is 49.8 Å². The fourth-order valence-electron chi connectivity index (χ4n) is 3.65. The van der Waals surface area contributed by atoms with E-state index in [9.17, 15) is 0 Å². The van der Waals surface area contributed by atoms with E-state index in [0.29, 0.717) is 0 Å². The summed E-state index contributed by atoms with van der Waals surface area (Å²) >= 11 is 6.68. The van der Waals surface area contributed by atoms with Crippen molar-refractivity contribution >= 4 is 11.6 Å². The third-order valence-electron chi connectivity index (χ3n) is 5.30. The van der Waals surface area contributed by atoms with Crippen molar-refractivity contribution in [1.82, 2.24) is 9.97 Å². The van der Waals surface area contributed by atoms with Crippen LogP contribution in [0.3, 0.4) is 0 Å². The molecule has 2 aromatic heterocycles. The molecule has 0 aliphatic heterocycles. The average molecular weight is 419 g/mol. The van der Waals surface area contributed by atoms with Gasteiger partial charge in [0.2, 0.25) is 0 Å². The van der Waals surface area contributed by atoms with Gasteiger partial charge in [-0.15, -0.1) is 0 Å². The fraction of sp³-hybridized carbons (Fsp3) is 0. The van der Waals surface area contributed by atoms with Crippen molar-refractivity contribution < 1.29 is 0 Å². The minimum atomic E-state index is 0.733. The van der Waals surface area contributed by atoms with Crippen LogP contribution in [-0.2, 0) is 0 Å². The van der Waals surface area contributed by atoms with Gasteiger partial charge in [-0.2, -0.15) is 0 Å². The Bertz CT molecular complexity index is 1300. The van der Waals surface area contributed by atoms with E-state index >= 15 is 0 Å². The summed E-state index contributed by atoms with van der Waals surface area (Å²) in [7, 11) is 0. The van der Waals surface area contributed by atoms with Gasteiger partial charge in [0.1, 0.15) is 0 Å². The summed E-state index contributed by atoms with van der Waals surface area (Å²) in [5.41, 5.74) is 8.43. The Kier molecular flexibility index (Phi) is 5.30. The molecule has 5 rings (SSSR count). The summed E-state index contributed by atoms with van der Waals surface area (Å²) in [5, 5.41) is 0.733. The Morgan fingerprint density at radius 1 is 0.452 bits per heavy atom. The highest BCUT2D eigenvalue weighted by molar-refractivity contribution is 6.33. The van der Waals surface area contributed by atoms with E-state index in [1.807, 2.05) is 54.9 Å². The van der Waals surface area contributed by atoms with Crippen LogP contribution >= 0.6 is 11.6 Å². The molecule has 0 saturated carbocycles. The summed E-state index contributed by atoms with van der Waals surface area (Å²) in [6, 6.07) is 34.8. The quantitative estimate of drug-likeness (QED) is 0.297. The molecular weight excluding hydrogens is 400 g/mol. The molecular formula is C28H19ClN2. The molecule has 31 heavy (non-hydrogen) atoms. The predicted molar refractivity (Wildman–Crippen MR) is 129 cm³/mol. The minimum absolute atomic E-state index is 0.733. The zero-order chi connectivity index (χ0) is 21.0. The van der Waals surface area contributed by atoms with Crippen LogP contribution < -0.4 is 0 Å². The van der Waals surface area contributed by atoms with Crippen LogP contribution in [0, 0.1) is 0 Å². The van der Waals surface area contributed by atoms with E-state index in [1.54, 1.807) is 0 Å². The molecule has 148 valence electrons. The van der Waals surface area contributed by atoms with E-state index in [1.165, 1.54) is 0 Å². The summed E-state index contributed by atoms with van der Waals surface area (Å²) in [6.45, 7) is 0. The SMILES string of the molecule is Clc1cc(-c2ccc(-c3ccccn3)cc2)ccc1-c1ccc(-c2ccccn2)cc1. The molecule has 0 amide bonds. The lowest BCUT2D eigenvalue weighted by Crippen LogP contribution is -1.86. The third-order valence-corrected chi connectivity index (χ3v) is 5.62. The molecule has 3 aromatic carbocycles. The van der Waals surface area contributed by atoms with Gasteiger partial charge in [0.15, 0.2) is 0 Å². The van der Waals surface area contributed by atoms with Crippen LogP contribution in [-0.4, -0.2) is 9.97 Å². The first-order valence-corrected chi connectivity index (χ1v) is 10.5. The van der Waals surface area contributed by atoms with E-state index in [-0.39, 0.29) is 0 Å². The Morgan fingerprint density at radius 2 is 0.935 bits per heavy atom. The van der Waals surface area contributed by atoms with Crippen molar-refractivity contribution in [2.45, 2.75) is 0 Å². The number of nitrogens with zero attached hydrogens (tertiary/aromatic N) is 2. The van der Waals surface area contributed by atoms with E-state index < -0.39 is 0 Å². The van der Waals surface area contributed by atoms with Crippen LogP contribution in [0.2, 0.25) is 5.02 Å². The normalized spacial score (nSPS) is 10.7. The van der Waals surface area contributed by atoms with Crippen LogP contribution in [0.25, 0.3) is 44.8 Å².